The Morgan fingerprint density at radius 2 is 2.29 bits per heavy atom. The minimum Gasteiger partial charge on any atom is -0.447 e. The summed E-state index contributed by atoms with van der Waals surface area (Å²) in [6.45, 7) is 0. The first-order chi connectivity index (χ1) is 6.66. The fourth-order valence-corrected chi connectivity index (χ4v) is 1.25. The minimum absolute atomic E-state index is 0.177. The maximum atomic E-state index is 12.8. The SMILES string of the molecule is NC1=NC(=O)C(c2cccc(F)c2)O1. The Morgan fingerprint density at radius 1 is 1.50 bits per heavy atom. The first-order valence-corrected chi connectivity index (χ1v) is 3.97. The Kier molecular flexibility index (Phi) is 1.92. The van der Waals surface area contributed by atoms with Crippen molar-refractivity contribution in [3.8, 4) is 0 Å². The molecule has 0 aliphatic carbocycles. The molecule has 0 aromatic heterocycles. The zero-order valence-corrected chi connectivity index (χ0v) is 7.11. The lowest BCUT2D eigenvalue weighted by molar-refractivity contribution is -0.122. The van der Waals surface area contributed by atoms with Crippen LogP contribution in [-0.2, 0) is 9.53 Å². The highest BCUT2D eigenvalue weighted by Gasteiger charge is 2.29. The molecule has 0 spiro atoms. The van der Waals surface area contributed by atoms with Crippen LogP contribution in [0.4, 0.5) is 4.39 Å². The summed E-state index contributed by atoms with van der Waals surface area (Å²) in [4.78, 5) is 14.6. The quantitative estimate of drug-likeness (QED) is 0.717. The number of amidine groups is 1. The van der Waals surface area contributed by atoms with Crippen molar-refractivity contribution in [3.63, 3.8) is 0 Å². The van der Waals surface area contributed by atoms with Crippen molar-refractivity contribution in [2.75, 3.05) is 0 Å². The Hall–Kier alpha value is -1.91. The van der Waals surface area contributed by atoms with Crippen LogP contribution in [-0.4, -0.2) is 11.9 Å². The molecule has 1 heterocycles. The fourth-order valence-electron chi connectivity index (χ4n) is 1.25. The summed E-state index contributed by atoms with van der Waals surface area (Å²) in [5.74, 6) is -0.933. The molecule has 2 rings (SSSR count). The van der Waals surface area contributed by atoms with Crippen LogP contribution in [0.1, 0.15) is 11.7 Å². The topological polar surface area (TPSA) is 64.7 Å². The number of benzene rings is 1. The van der Waals surface area contributed by atoms with Gasteiger partial charge >= 0.3 is 0 Å². The van der Waals surface area contributed by atoms with E-state index in [9.17, 15) is 9.18 Å². The average Bonchev–Trinajstić information content (AvgIpc) is 2.45. The Balaban J connectivity index is 2.30. The lowest BCUT2D eigenvalue weighted by atomic mass is 10.1. The maximum Gasteiger partial charge on any atom is 0.296 e. The van der Waals surface area contributed by atoms with E-state index in [4.69, 9.17) is 10.5 Å². The zero-order valence-electron chi connectivity index (χ0n) is 7.11. The van der Waals surface area contributed by atoms with E-state index in [1.165, 1.54) is 18.2 Å². The number of amides is 1. The van der Waals surface area contributed by atoms with Gasteiger partial charge in [0.2, 0.25) is 6.10 Å². The molecule has 2 N–H and O–H groups in total. The van der Waals surface area contributed by atoms with Crippen molar-refractivity contribution < 1.29 is 13.9 Å². The summed E-state index contributed by atoms with van der Waals surface area (Å²) in [6, 6.07) is 5.41. The molecule has 4 nitrogen and oxygen atoms in total. The van der Waals surface area contributed by atoms with Gasteiger partial charge in [0.25, 0.3) is 11.9 Å². The van der Waals surface area contributed by atoms with Crippen molar-refractivity contribution >= 4 is 11.9 Å². The zero-order chi connectivity index (χ0) is 10.1. The van der Waals surface area contributed by atoms with Crippen LogP contribution in [0.15, 0.2) is 29.3 Å². The average molecular weight is 194 g/mol. The molecule has 0 bridgehead atoms. The van der Waals surface area contributed by atoms with Crippen molar-refractivity contribution in [1.82, 2.24) is 0 Å². The lowest BCUT2D eigenvalue weighted by Gasteiger charge is -2.07. The standard InChI is InChI=1S/C9H7FN2O2/c10-6-3-1-2-5(4-6)7-8(13)12-9(11)14-7/h1-4,7H,(H2,11,12,13). The molecule has 14 heavy (non-hydrogen) atoms. The van der Waals surface area contributed by atoms with Gasteiger partial charge in [0.05, 0.1) is 0 Å². The maximum absolute atomic E-state index is 12.8. The second-order valence-corrected chi connectivity index (χ2v) is 2.84. The fraction of sp³-hybridized carbons (Fsp3) is 0.111. The van der Waals surface area contributed by atoms with Crippen LogP contribution < -0.4 is 5.73 Å². The van der Waals surface area contributed by atoms with Gasteiger partial charge in [-0.25, -0.2) is 4.39 Å². The van der Waals surface area contributed by atoms with Gasteiger partial charge in [0.1, 0.15) is 5.82 Å². The molecule has 1 amide bonds. The molecule has 1 aromatic rings. The van der Waals surface area contributed by atoms with E-state index in [2.05, 4.69) is 4.99 Å². The summed E-state index contributed by atoms with van der Waals surface area (Å²) in [6.07, 6.45) is -0.898. The van der Waals surface area contributed by atoms with Gasteiger partial charge in [-0.3, -0.25) is 4.79 Å². The van der Waals surface area contributed by atoms with Gasteiger partial charge in [0, 0.05) is 5.56 Å². The van der Waals surface area contributed by atoms with Crippen molar-refractivity contribution in [1.29, 1.82) is 0 Å². The van der Waals surface area contributed by atoms with Gasteiger partial charge < -0.3 is 10.5 Å². The normalized spacial score (nSPS) is 20.5. The van der Waals surface area contributed by atoms with Crippen LogP contribution in [0.5, 0.6) is 0 Å². The third-order valence-corrected chi connectivity index (χ3v) is 1.83. The Labute approximate surface area is 79.2 Å². The third-order valence-electron chi connectivity index (χ3n) is 1.83. The number of hydrogen-bond donors (Lipinski definition) is 1. The van der Waals surface area contributed by atoms with Crippen molar-refractivity contribution in [2.45, 2.75) is 6.10 Å². The molecule has 0 fully saturated rings. The molecule has 1 unspecified atom stereocenters. The van der Waals surface area contributed by atoms with E-state index in [1.807, 2.05) is 0 Å². The number of carbonyl (C=O) groups is 1. The van der Waals surface area contributed by atoms with Crippen LogP contribution in [0.25, 0.3) is 0 Å². The molecule has 0 saturated heterocycles. The van der Waals surface area contributed by atoms with E-state index in [-0.39, 0.29) is 6.02 Å². The van der Waals surface area contributed by atoms with Crippen LogP contribution >= 0.6 is 0 Å². The summed E-state index contributed by atoms with van der Waals surface area (Å²) < 4.78 is 17.7. The van der Waals surface area contributed by atoms with E-state index < -0.39 is 17.8 Å². The van der Waals surface area contributed by atoms with E-state index in [1.54, 1.807) is 6.07 Å². The van der Waals surface area contributed by atoms with Crippen LogP contribution in [0.3, 0.4) is 0 Å². The number of nitrogens with zero attached hydrogens (tertiary/aromatic N) is 1. The van der Waals surface area contributed by atoms with Gasteiger partial charge in [0.15, 0.2) is 0 Å². The highest BCUT2D eigenvalue weighted by molar-refractivity contribution is 5.98. The van der Waals surface area contributed by atoms with Gasteiger partial charge in [-0.05, 0) is 12.1 Å². The van der Waals surface area contributed by atoms with Crippen LogP contribution in [0, 0.1) is 5.82 Å². The van der Waals surface area contributed by atoms with Gasteiger partial charge in [-0.15, -0.1) is 0 Å². The molecule has 1 aliphatic heterocycles. The second kappa shape index (κ2) is 3.10. The van der Waals surface area contributed by atoms with Crippen molar-refractivity contribution in [3.05, 3.63) is 35.6 Å². The van der Waals surface area contributed by atoms with E-state index >= 15 is 0 Å². The van der Waals surface area contributed by atoms with E-state index in [0.717, 1.165) is 0 Å². The van der Waals surface area contributed by atoms with Gasteiger partial charge in [-0.1, -0.05) is 12.1 Å². The van der Waals surface area contributed by atoms with Crippen molar-refractivity contribution in [2.24, 2.45) is 10.7 Å². The molecule has 1 aromatic carbocycles. The van der Waals surface area contributed by atoms with E-state index in [0.29, 0.717) is 5.56 Å². The molecular weight excluding hydrogens is 187 g/mol. The Morgan fingerprint density at radius 3 is 2.86 bits per heavy atom. The number of halogens is 1. The molecule has 5 heteroatoms. The smallest absolute Gasteiger partial charge is 0.296 e. The molecule has 1 atom stereocenters. The number of ether oxygens (including phenoxy) is 1. The molecular formula is C9H7FN2O2. The predicted octanol–water partition coefficient (Wildman–Crippen LogP) is 0.738. The highest BCUT2D eigenvalue weighted by Crippen LogP contribution is 2.23. The Bertz CT molecular complexity index is 417. The number of carbonyl (C=O) groups excluding carboxylic acids is 1. The lowest BCUT2D eigenvalue weighted by Crippen LogP contribution is -2.14. The molecule has 0 radical (unpaired) electrons. The molecule has 0 saturated carbocycles. The number of hydrogen-bond acceptors (Lipinski definition) is 3. The number of aliphatic imine (C=N–C) groups is 1. The first kappa shape index (κ1) is 8.68. The minimum atomic E-state index is -0.898. The molecule has 72 valence electrons. The summed E-state index contributed by atoms with van der Waals surface area (Å²) >= 11 is 0. The van der Waals surface area contributed by atoms with Gasteiger partial charge in [-0.2, -0.15) is 4.99 Å². The monoisotopic (exact) mass is 194 g/mol. The van der Waals surface area contributed by atoms with Crippen LogP contribution in [0.2, 0.25) is 0 Å². The summed E-state index contributed by atoms with van der Waals surface area (Å²) in [5, 5.41) is 0. The predicted molar refractivity (Wildman–Crippen MR) is 46.9 cm³/mol. The summed E-state index contributed by atoms with van der Waals surface area (Å²) in [5.41, 5.74) is 5.62. The first-order valence-electron chi connectivity index (χ1n) is 3.97. The highest BCUT2D eigenvalue weighted by atomic mass is 19.1. The molecule has 1 aliphatic rings. The number of nitrogens with two attached hydrogens (primary N) is 1. The third kappa shape index (κ3) is 1.44. The largest absolute Gasteiger partial charge is 0.447 e. The number of rotatable bonds is 1. The second-order valence-electron chi connectivity index (χ2n) is 2.84. The summed E-state index contributed by atoms with van der Waals surface area (Å²) in [7, 11) is 0.